The molecule has 2 atom stereocenters. The molecular weight excluding hydrogens is 579 g/mol. The Labute approximate surface area is 231 Å². The molecule has 3 aliphatic heterocycles. The van der Waals surface area contributed by atoms with E-state index in [2.05, 4.69) is 41.2 Å². The number of ether oxygens (including phenoxy) is 1. The molecule has 0 saturated carbocycles. The van der Waals surface area contributed by atoms with E-state index >= 15 is 4.39 Å². The summed E-state index contributed by atoms with van der Waals surface area (Å²) in [6, 6.07) is 1.17. The van der Waals surface area contributed by atoms with Crippen molar-refractivity contribution in [3.8, 4) is 6.01 Å². The van der Waals surface area contributed by atoms with E-state index in [4.69, 9.17) is 4.74 Å². The zero-order valence-corrected chi connectivity index (χ0v) is 23.3. The Morgan fingerprint density at radius 2 is 2.08 bits per heavy atom. The molecule has 3 aromatic rings. The summed E-state index contributed by atoms with van der Waals surface area (Å²) in [6.45, 7) is 4.64. The van der Waals surface area contributed by atoms with E-state index in [0.717, 1.165) is 30.6 Å². The molecule has 208 valence electrons. The van der Waals surface area contributed by atoms with E-state index in [0.29, 0.717) is 50.5 Å². The first-order chi connectivity index (χ1) is 18.7. The highest BCUT2D eigenvalue weighted by molar-refractivity contribution is 9.10. The predicted octanol–water partition coefficient (Wildman–Crippen LogP) is 3.90. The number of anilines is 1. The Morgan fingerprint density at radius 3 is 2.87 bits per heavy atom. The zero-order valence-electron chi connectivity index (χ0n) is 21.7. The van der Waals surface area contributed by atoms with Crippen LogP contribution in [-0.4, -0.2) is 75.6 Å². The molecule has 13 heteroatoms. The van der Waals surface area contributed by atoms with Gasteiger partial charge in [0.2, 0.25) is 0 Å². The number of aryl methyl sites for hydroxylation is 1. The lowest BCUT2D eigenvalue weighted by Gasteiger charge is -2.31. The number of aromatic nitrogens is 4. The van der Waals surface area contributed by atoms with Crippen molar-refractivity contribution in [3.63, 3.8) is 0 Å². The Kier molecular flexibility index (Phi) is 6.69. The monoisotopic (exact) mass is 607 g/mol. The summed E-state index contributed by atoms with van der Waals surface area (Å²) in [5.41, 5.74) is 1.40. The van der Waals surface area contributed by atoms with Crippen LogP contribution in [0.15, 0.2) is 10.5 Å². The van der Waals surface area contributed by atoms with Gasteiger partial charge in [-0.25, -0.2) is 13.2 Å². The summed E-state index contributed by atoms with van der Waals surface area (Å²) >= 11 is 2.98. The van der Waals surface area contributed by atoms with Crippen LogP contribution in [0.25, 0.3) is 10.9 Å². The van der Waals surface area contributed by atoms with Crippen LogP contribution in [0.4, 0.5) is 19.0 Å². The Hall–Kier alpha value is -2.93. The van der Waals surface area contributed by atoms with E-state index < -0.39 is 23.3 Å². The molecule has 5 heterocycles. The number of carbonyl (C=O) groups is 1. The minimum Gasteiger partial charge on any atom is -0.461 e. The van der Waals surface area contributed by atoms with Crippen molar-refractivity contribution in [1.82, 2.24) is 30.0 Å². The van der Waals surface area contributed by atoms with Crippen molar-refractivity contribution in [2.75, 3.05) is 38.2 Å². The first-order valence-corrected chi connectivity index (χ1v) is 13.9. The largest absolute Gasteiger partial charge is 0.461 e. The Bertz CT molecular complexity index is 1470. The van der Waals surface area contributed by atoms with Gasteiger partial charge in [0.05, 0.1) is 22.3 Å². The number of rotatable bonds is 5. The Morgan fingerprint density at radius 1 is 1.26 bits per heavy atom. The Balaban J connectivity index is 1.40. The normalized spacial score (nSPS) is 23.1. The van der Waals surface area contributed by atoms with Gasteiger partial charge in [0.25, 0.3) is 5.91 Å². The van der Waals surface area contributed by atoms with Gasteiger partial charge in [-0.05, 0) is 54.7 Å². The number of carbonyl (C=O) groups excluding carboxylic acids is 1. The molecule has 0 spiro atoms. The topological polar surface area (TPSA) is 88.4 Å². The standard InChI is InChI=1S/C26H29BrF3N7O2/c1-14-18-12-35(6-4-8-37(18)34-21(14)24(38)31-2)23-16-9-17(29)19(27)20(30)22(16)32-25(33-23)39-13-26-5-3-7-36(26)11-15(28)10-26/h9,15H,3-8,10-13H2,1-2H3,(H,31,38)/t15-,26+/m1/s1. The first-order valence-electron chi connectivity index (χ1n) is 13.1. The highest BCUT2D eigenvalue weighted by atomic mass is 79.9. The molecule has 0 aliphatic carbocycles. The van der Waals surface area contributed by atoms with Crippen molar-refractivity contribution in [2.24, 2.45) is 0 Å². The van der Waals surface area contributed by atoms with E-state index in [1.54, 1.807) is 11.7 Å². The smallest absolute Gasteiger partial charge is 0.319 e. The minimum atomic E-state index is -0.914. The van der Waals surface area contributed by atoms with Crippen LogP contribution in [-0.2, 0) is 13.1 Å². The number of benzene rings is 1. The van der Waals surface area contributed by atoms with E-state index in [1.165, 1.54) is 6.07 Å². The third-order valence-corrected chi connectivity index (χ3v) is 8.94. The van der Waals surface area contributed by atoms with Crippen molar-refractivity contribution in [3.05, 3.63) is 39.1 Å². The molecular formula is C26H29BrF3N7O2. The molecule has 1 amide bonds. The van der Waals surface area contributed by atoms with Gasteiger partial charge >= 0.3 is 6.01 Å². The fourth-order valence-corrected chi connectivity index (χ4v) is 6.55. The lowest BCUT2D eigenvalue weighted by molar-refractivity contribution is 0.0956. The number of nitrogens with zero attached hydrogens (tertiary/aromatic N) is 6. The van der Waals surface area contributed by atoms with Crippen molar-refractivity contribution in [1.29, 1.82) is 0 Å². The lowest BCUT2D eigenvalue weighted by Crippen LogP contribution is -2.43. The maximum Gasteiger partial charge on any atom is 0.319 e. The SMILES string of the molecule is CNC(=O)c1nn2c(c1C)CN(c1nc(OC[C@@]34CCCN3C[C@H](F)C4)nc3c(F)c(Br)c(F)cc13)CCC2. The summed E-state index contributed by atoms with van der Waals surface area (Å²) < 4.78 is 51.9. The second-order valence-corrected chi connectivity index (χ2v) is 11.4. The van der Waals surface area contributed by atoms with Crippen LogP contribution in [0.5, 0.6) is 6.01 Å². The van der Waals surface area contributed by atoms with E-state index in [9.17, 15) is 13.6 Å². The van der Waals surface area contributed by atoms with Crippen LogP contribution in [0.3, 0.4) is 0 Å². The fourth-order valence-electron chi connectivity index (χ4n) is 6.25. The molecule has 2 fully saturated rings. The van der Waals surface area contributed by atoms with E-state index in [1.807, 2.05) is 11.8 Å². The fraction of sp³-hybridized carbons (Fsp3) is 0.538. The van der Waals surface area contributed by atoms with Crippen LogP contribution in [0.1, 0.15) is 47.4 Å². The van der Waals surface area contributed by atoms with Crippen LogP contribution in [0, 0.1) is 18.6 Å². The molecule has 1 aromatic carbocycles. The maximum atomic E-state index is 15.3. The molecule has 1 N–H and O–H groups in total. The van der Waals surface area contributed by atoms with Crippen LogP contribution >= 0.6 is 15.9 Å². The summed E-state index contributed by atoms with van der Waals surface area (Å²) in [6.07, 6.45) is 1.90. The average Bonchev–Trinajstić information content (AvgIpc) is 3.48. The van der Waals surface area contributed by atoms with Crippen molar-refractivity contribution >= 4 is 38.6 Å². The third-order valence-electron chi connectivity index (χ3n) is 8.22. The number of amides is 1. The summed E-state index contributed by atoms with van der Waals surface area (Å²) in [5.74, 6) is -1.57. The zero-order chi connectivity index (χ0) is 27.5. The number of alkyl halides is 1. The lowest BCUT2D eigenvalue weighted by atomic mass is 9.95. The molecule has 2 saturated heterocycles. The van der Waals surface area contributed by atoms with Gasteiger partial charge in [-0.15, -0.1) is 0 Å². The van der Waals surface area contributed by atoms with Gasteiger partial charge in [-0.3, -0.25) is 14.4 Å². The van der Waals surface area contributed by atoms with Gasteiger partial charge < -0.3 is 15.0 Å². The molecule has 3 aliphatic rings. The highest BCUT2D eigenvalue weighted by Gasteiger charge is 2.49. The second kappa shape index (κ2) is 9.92. The minimum absolute atomic E-state index is 0.0426. The third kappa shape index (κ3) is 4.43. The molecule has 2 aromatic heterocycles. The van der Waals surface area contributed by atoms with E-state index in [-0.39, 0.29) is 33.9 Å². The molecule has 0 radical (unpaired) electrons. The quantitative estimate of drug-likeness (QED) is 0.440. The highest BCUT2D eigenvalue weighted by Crippen LogP contribution is 2.41. The first kappa shape index (κ1) is 26.3. The number of hydrogen-bond acceptors (Lipinski definition) is 7. The number of fused-ring (bicyclic) bond motifs is 3. The van der Waals surface area contributed by atoms with Crippen LogP contribution in [0.2, 0.25) is 0 Å². The van der Waals surface area contributed by atoms with Gasteiger partial charge in [0, 0.05) is 44.1 Å². The summed E-state index contributed by atoms with van der Waals surface area (Å²) in [7, 11) is 1.55. The number of nitrogens with one attached hydrogen (secondary N) is 1. The van der Waals surface area contributed by atoms with Crippen LogP contribution < -0.4 is 15.0 Å². The molecule has 39 heavy (non-hydrogen) atoms. The predicted molar refractivity (Wildman–Crippen MR) is 142 cm³/mol. The molecule has 9 nitrogen and oxygen atoms in total. The summed E-state index contributed by atoms with van der Waals surface area (Å²) in [4.78, 5) is 25.4. The van der Waals surface area contributed by atoms with Gasteiger partial charge in [-0.2, -0.15) is 15.1 Å². The average molecular weight is 608 g/mol. The molecule has 0 unspecified atom stereocenters. The molecule has 0 bridgehead atoms. The van der Waals surface area contributed by atoms with Crippen molar-refractivity contribution in [2.45, 2.75) is 57.4 Å². The van der Waals surface area contributed by atoms with Gasteiger partial charge in [-0.1, -0.05) is 0 Å². The summed E-state index contributed by atoms with van der Waals surface area (Å²) in [5, 5.41) is 7.32. The second-order valence-electron chi connectivity index (χ2n) is 10.6. The van der Waals surface area contributed by atoms with Crippen molar-refractivity contribution < 1.29 is 22.7 Å². The molecule has 6 rings (SSSR count). The maximum absolute atomic E-state index is 15.3. The number of halogens is 4. The van der Waals surface area contributed by atoms with Gasteiger partial charge in [0.15, 0.2) is 11.5 Å². The van der Waals surface area contributed by atoms with Gasteiger partial charge in [0.1, 0.15) is 29.9 Å². The number of hydrogen-bond donors (Lipinski definition) is 1.